The van der Waals surface area contributed by atoms with Crippen LogP contribution in [0, 0.1) is 15.6 Å². The Balaban J connectivity index is 2.20. The molecule has 0 spiro atoms. The van der Waals surface area contributed by atoms with E-state index < -0.39 is 74.1 Å². The van der Waals surface area contributed by atoms with Gasteiger partial charge in [0.25, 0.3) is 25.9 Å². The molecular weight excluding hydrogens is 556 g/mol. The van der Waals surface area contributed by atoms with Crippen molar-refractivity contribution >= 4 is 59.4 Å². The first-order valence-electron chi connectivity index (χ1n) is 10.4. The molecule has 0 fully saturated rings. The largest absolute Gasteiger partial charge is 0.505 e. The number of non-ortho nitro benzene ring substituents is 1. The Bertz CT molecular complexity index is 1910. The summed E-state index contributed by atoms with van der Waals surface area (Å²) in [6, 6.07) is 12.8. The van der Waals surface area contributed by atoms with Gasteiger partial charge in [-0.1, -0.05) is 18.2 Å². The second-order valence-electron chi connectivity index (χ2n) is 7.86. The van der Waals surface area contributed by atoms with E-state index in [2.05, 4.69) is 15.3 Å². The Hall–Kier alpha value is -4.84. The average molecular weight is 573 g/mol. The van der Waals surface area contributed by atoms with Crippen LogP contribution in [0.15, 0.2) is 85.8 Å². The molecule has 4 aromatic carbocycles. The number of aromatic hydroxyl groups is 1. The molecule has 15 nitrogen and oxygen atoms in total. The Kier molecular flexibility index (Phi) is 6.83. The number of anilines is 1. The van der Waals surface area contributed by atoms with Crippen LogP contribution < -0.4 is 5.73 Å². The minimum Gasteiger partial charge on any atom is -0.505 e. The minimum atomic E-state index is -5.25. The molecule has 4 rings (SSSR count). The second kappa shape index (κ2) is 9.80. The van der Waals surface area contributed by atoms with Crippen molar-refractivity contribution < 1.29 is 36.0 Å². The zero-order valence-electron chi connectivity index (χ0n) is 19.2. The lowest BCUT2D eigenvalue weighted by molar-refractivity contribution is -0.384. The molecule has 17 heteroatoms. The van der Waals surface area contributed by atoms with Gasteiger partial charge in [-0.2, -0.15) is 27.1 Å². The molecule has 0 amide bonds. The lowest BCUT2D eigenvalue weighted by atomic mass is 9.95. The van der Waals surface area contributed by atoms with Crippen LogP contribution in [-0.4, -0.2) is 36.0 Å². The van der Waals surface area contributed by atoms with Gasteiger partial charge < -0.3 is 10.8 Å². The second-order valence-corrected chi connectivity index (χ2v) is 10.6. The number of nitro benzene ring substituents is 1. The topological polar surface area (TPSA) is 259 Å². The van der Waals surface area contributed by atoms with Crippen LogP contribution in [0.1, 0.15) is 0 Å². The fourth-order valence-corrected chi connectivity index (χ4v) is 5.41. The van der Waals surface area contributed by atoms with Gasteiger partial charge >= 0.3 is 0 Å². The molecule has 0 aliphatic heterocycles. The summed E-state index contributed by atoms with van der Waals surface area (Å²) in [5, 5.41) is 31.9. The van der Waals surface area contributed by atoms with Gasteiger partial charge in [0, 0.05) is 23.1 Å². The zero-order valence-corrected chi connectivity index (χ0v) is 20.9. The third kappa shape index (κ3) is 5.01. The summed E-state index contributed by atoms with van der Waals surface area (Å²) in [6.45, 7) is 0. The van der Waals surface area contributed by atoms with Crippen molar-refractivity contribution in [3.05, 3.63) is 70.8 Å². The van der Waals surface area contributed by atoms with E-state index in [-0.39, 0.29) is 16.9 Å². The number of nitrogens with zero attached hydrogens (tertiary/aromatic N) is 4. The number of hydrogen-bond acceptors (Lipinski definition) is 12. The van der Waals surface area contributed by atoms with Crippen molar-refractivity contribution in [3.8, 4) is 16.9 Å². The molecule has 0 aliphatic rings. The van der Waals surface area contributed by atoms with Crippen LogP contribution in [0.5, 0.6) is 5.75 Å². The maximum absolute atomic E-state index is 12.5. The summed E-state index contributed by atoms with van der Waals surface area (Å²) in [6.07, 6.45) is 0. The number of benzene rings is 4. The fourth-order valence-electron chi connectivity index (χ4n) is 3.88. The maximum Gasteiger partial charge on any atom is 0.297 e. The summed E-state index contributed by atoms with van der Waals surface area (Å²) in [5.74, 6) is -0.979. The molecule has 4 aromatic rings. The third-order valence-electron chi connectivity index (χ3n) is 5.51. The highest BCUT2D eigenvalue weighted by Gasteiger charge is 2.32. The summed E-state index contributed by atoms with van der Waals surface area (Å²) in [5.41, 5.74) is 11.0. The first kappa shape index (κ1) is 27.2. The normalized spacial score (nSPS) is 12.2. The highest BCUT2D eigenvalue weighted by molar-refractivity contribution is 7.86. The molecule has 0 aliphatic carbocycles. The number of rotatable bonds is 7. The van der Waals surface area contributed by atoms with Crippen molar-refractivity contribution in [2.45, 2.75) is 9.79 Å². The molecule has 0 saturated carbocycles. The number of nitrogen functional groups attached to an aromatic ring is 1. The summed E-state index contributed by atoms with van der Waals surface area (Å²) in [7, 11) is -10.4. The van der Waals surface area contributed by atoms with E-state index in [9.17, 15) is 41.2 Å². The molecule has 39 heavy (non-hydrogen) atoms. The van der Waals surface area contributed by atoms with Crippen molar-refractivity contribution in [2.24, 2.45) is 15.3 Å². The number of azo groups is 1. The quantitative estimate of drug-likeness (QED) is 0.0629. The standard InChI is InChI=1S/C22H16N6O9S2/c23-18-16(11-6-8-13(9-7-11)28(30)31)22(39(35,36)37)19(25-24)14-10-15(38(32,33)34)20(21(29)17(14)18)27-26-12-4-2-1-3-5-12/h1-10,24,29H,23H2,(H,32,33,34)(H,35,36,37). The Labute approximate surface area is 219 Å². The van der Waals surface area contributed by atoms with E-state index in [1.807, 2.05) is 0 Å². The molecule has 0 unspecified atom stereocenters. The molecular formula is C22H16N6O9S2. The smallest absolute Gasteiger partial charge is 0.297 e. The van der Waals surface area contributed by atoms with Gasteiger partial charge in [-0.3, -0.25) is 19.2 Å². The Morgan fingerprint density at radius 1 is 0.897 bits per heavy atom. The predicted octanol–water partition coefficient (Wildman–Crippen LogP) is 5.27. The molecule has 0 radical (unpaired) electrons. The summed E-state index contributed by atoms with van der Waals surface area (Å²) in [4.78, 5) is 8.27. The van der Waals surface area contributed by atoms with Crippen LogP contribution in [0.2, 0.25) is 0 Å². The van der Waals surface area contributed by atoms with Gasteiger partial charge in [-0.15, -0.1) is 5.11 Å². The molecule has 200 valence electrons. The van der Waals surface area contributed by atoms with E-state index in [0.717, 1.165) is 24.3 Å². The molecule has 0 saturated heterocycles. The number of fused-ring (bicyclic) bond motifs is 1. The highest BCUT2D eigenvalue weighted by atomic mass is 32.2. The number of phenols is 1. The molecule has 0 aromatic heterocycles. The number of hydrogen-bond donors (Lipinski definition) is 5. The van der Waals surface area contributed by atoms with Crippen molar-refractivity contribution in [1.82, 2.24) is 0 Å². The zero-order chi connectivity index (χ0) is 28.7. The van der Waals surface area contributed by atoms with Gasteiger partial charge in [-0.25, -0.2) is 5.53 Å². The van der Waals surface area contributed by atoms with Crippen LogP contribution >= 0.6 is 0 Å². The molecule has 0 atom stereocenters. The maximum atomic E-state index is 12.5. The Morgan fingerprint density at radius 2 is 1.51 bits per heavy atom. The van der Waals surface area contributed by atoms with Crippen LogP contribution in [0.25, 0.3) is 21.9 Å². The van der Waals surface area contributed by atoms with E-state index in [0.29, 0.717) is 6.07 Å². The Morgan fingerprint density at radius 3 is 2.03 bits per heavy atom. The number of phenolic OH excluding ortho intramolecular Hbond substituents is 1. The van der Waals surface area contributed by atoms with E-state index in [1.54, 1.807) is 18.2 Å². The number of nitro groups is 1. The number of nitrogens with one attached hydrogen (secondary N) is 1. The third-order valence-corrected chi connectivity index (χ3v) is 7.29. The van der Waals surface area contributed by atoms with Gasteiger partial charge in [0.1, 0.15) is 21.2 Å². The van der Waals surface area contributed by atoms with Gasteiger partial charge in [-0.05, 0) is 35.9 Å². The number of nitrogens with two attached hydrogens (primary N) is 1. The SMILES string of the molecule is N=Nc1c(S(=O)(=O)O)c(-c2ccc([N+](=O)[O-])cc2)c(N)c2c(O)c(N=Nc3ccccc3)c(S(=O)(=O)O)cc12. The first-order valence-corrected chi connectivity index (χ1v) is 13.3. The van der Waals surface area contributed by atoms with Crippen molar-refractivity contribution in [3.63, 3.8) is 0 Å². The van der Waals surface area contributed by atoms with E-state index in [1.165, 1.54) is 12.1 Å². The van der Waals surface area contributed by atoms with Crippen molar-refractivity contribution in [1.29, 1.82) is 5.53 Å². The predicted molar refractivity (Wildman–Crippen MR) is 137 cm³/mol. The van der Waals surface area contributed by atoms with Gasteiger partial charge in [0.2, 0.25) is 0 Å². The minimum absolute atomic E-state index is 0.0942. The lowest BCUT2D eigenvalue weighted by Gasteiger charge is -2.18. The molecule has 0 bridgehead atoms. The van der Waals surface area contributed by atoms with Gasteiger partial charge in [0.15, 0.2) is 5.75 Å². The highest BCUT2D eigenvalue weighted by Crippen LogP contribution is 2.52. The monoisotopic (exact) mass is 572 g/mol. The van der Waals surface area contributed by atoms with Crippen molar-refractivity contribution in [2.75, 3.05) is 5.73 Å². The van der Waals surface area contributed by atoms with Crippen LogP contribution in [0.3, 0.4) is 0 Å². The molecule has 6 N–H and O–H groups in total. The summed E-state index contributed by atoms with van der Waals surface area (Å²) >= 11 is 0. The van der Waals surface area contributed by atoms with Crippen LogP contribution in [-0.2, 0) is 20.2 Å². The van der Waals surface area contributed by atoms with E-state index >= 15 is 0 Å². The first-order chi connectivity index (χ1) is 18.3. The lowest BCUT2D eigenvalue weighted by Crippen LogP contribution is -2.07. The fraction of sp³-hybridized carbons (Fsp3) is 0. The summed E-state index contributed by atoms with van der Waals surface area (Å²) < 4.78 is 69.2. The average Bonchev–Trinajstić information content (AvgIpc) is 2.87. The van der Waals surface area contributed by atoms with E-state index in [4.69, 9.17) is 11.3 Å². The van der Waals surface area contributed by atoms with Gasteiger partial charge in [0.05, 0.1) is 21.7 Å². The van der Waals surface area contributed by atoms with Crippen LogP contribution in [0.4, 0.5) is 28.4 Å². The molecule has 0 heterocycles.